The van der Waals surface area contributed by atoms with Crippen LogP contribution in [0.15, 0.2) is 41.9 Å². The summed E-state index contributed by atoms with van der Waals surface area (Å²) in [6, 6.07) is 6.09. The monoisotopic (exact) mass is 235 g/mol. The van der Waals surface area contributed by atoms with Gasteiger partial charge in [-0.3, -0.25) is 0 Å². The number of halogens is 1. The number of hydrogen-bond acceptors (Lipinski definition) is 0. The minimum Gasteiger partial charge on any atom is -0.102 e. The quantitative estimate of drug-likeness (QED) is 0.737. The molecule has 1 rings (SSSR count). The van der Waals surface area contributed by atoms with Gasteiger partial charge in [0.15, 0.2) is 0 Å². The van der Waals surface area contributed by atoms with Crippen LogP contribution in [0.5, 0.6) is 0 Å². The zero-order valence-corrected chi connectivity index (χ0v) is 9.26. The predicted molar refractivity (Wildman–Crippen MR) is 62.4 cm³/mol. The average Bonchev–Trinajstić information content (AvgIpc) is 2.16. The average molecular weight is 236 g/mol. The first-order valence-corrected chi connectivity index (χ1v) is 4.87. The molecule has 0 N–H and O–H groups in total. The molecule has 0 unspecified atom stereocenters. The lowest BCUT2D eigenvalue weighted by atomic mass is 9.96. The van der Waals surface area contributed by atoms with E-state index in [0.29, 0.717) is 0 Å². The van der Waals surface area contributed by atoms with Crippen LogP contribution in [0.1, 0.15) is 18.1 Å². The van der Waals surface area contributed by atoms with Crippen LogP contribution in [0, 0.1) is 5.92 Å². The first-order valence-electron chi connectivity index (χ1n) is 4.08. The van der Waals surface area contributed by atoms with Crippen LogP contribution in [0.4, 0.5) is 0 Å². The summed E-state index contributed by atoms with van der Waals surface area (Å²) in [5.41, 5.74) is 2.30. The first kappa shape index (κ1) is 10.3. The van der Waals surface area contributed by atoms with E-state index in [0.717, 1.165) is 16.0 Å². The third-order valence-corrected chi connectivity index (χ3v) is 2.68. The maximum Gasteiger partial charge on any atom is 0.0250 e. The van der Waals surface area contributed by atoms with Crippen molar-refractivity contribution in [2.75, 3.05) is 0 Å². The van der Waals surface area contributed by atoms with E-state index >= 15 is 0 Å². The molecule has 0 saturated carbocycles. The third kappa shape index (κ3) is 2.10. The fraction of sp³-hybridized carbons (Fsp3) is 0.0833. The number of hydrogen-bond donors (Lipinski definition) is 0. The molecule has 0 heterocycles. The molecule has 0 nitrogen and oxygen atoms in total. The summed E-state index contributed by atoms with van der Waals surface area (Å²) in [5, 5.41) is 0. The maximum absolute atomic E-state index is 3.79. The van der Waals surface area contributed by atoms with Crippen LogP contribution in [-0.2, 0) is 0 Å². The third-order valence-electron chi connectivity index (χ3n) is 1.99. The van der Waals surface area contributed by atoms with E-state index in [-0.39, 0.29) is 0 Å². The summed E-state index contributed by atoms with van der Waals surface area (Å²) in [6.07, 6.45) is 3.71. The van der Waals surface area contributed by atoms with E-state index in [2.05, 4.69) is 35.2 Å². The molecule has 0 amide bonds. The Bertz CT molecular complexity index is 326. The van der Waals surface area contributed by atoms with Gasteiger partial charge in [0.25, 0.3) is 0 Å². The minimum atomic E-state index is 1.07. The van der Waals surface area contributed by atoms with Crippen molar-refractivity contribution < 1.29 is 0 Å². The van der Waals surface area contributed by atoms with Gasteiger partial charge in [0.2, 0.25) is 0 Å². The Morgan fingerprint density at radius 2 is 2.08 bits per heavy atom. The van der Waals surface area contributed by atoms with Crippen molar-refractivity contribution >= 4 is 22.0 Å². The topological polar surface area (TPSA) is 0 Å². The molecule has 0 spiro atoms. The van der Waals surface area contributed by atoms with Crippen molar-refractivity contribution in [1.82, 2.24) is 0 Å². The second kappa shape index (κ2) is 4.43. The highest BCUT2D eigenvalue weighted by Crippen LogP contribution is 2.27. The fourth-order valence-corrected chi connectivity index (χ4v) is 1.73. The summed E-state index contributed by atoms with van der Waals surface area (Å²) < 4.78 is 1.07. The zero-order valence-electron chi connectivity index (χ0n) is 7.68. The molecule has 0 bridgehead atoms. The molecule has 1 aromatic rings. The van der Waals surface area contributed by atoms with Crippen molar-refractivity contribution in [3.63, 3.8) is 0 Å². The summed E-state index contributed by atoms with van der Waals surface area (Å²) in [7, 11) is 0. The zero-order chi connectivity index (χ0) is 9.84. The SMILES string of the molecule is C=C[C](C)c1cccc(Br)c1C=C. The van der Waals surface area contributed by atoms with Crippen molar-refractivity contribution in [2.24, 2.45) is 0 Å². The van der Waals surface area contributed by atoms with Gasteiger partial charge in [-0.25, -0.2) is 0 Å². The highest BCUT2D eigenvalue weighted by atomic mass is 79.9. The van der Waals surface area contributed by atoms with Gasteiger partial charge < -0.3 is 0 Å². The van der Waals surface area contributed by atoms with Crippen LogP contribution < -0.4 is 0 Å². The van der Waals surface area contributed by atoms with Gasteiger partial charge in [0.05, 0.1) is 0 Å². The Morgan fingerprint density at radius 1 is 1.38 bits per heavy atom. The van der Waals surface area contributed by atoms with E-state index in [1.54, 1.807) is 0 Å². The Morgan fingerprint density at radius 3 is 2.62 bits per heavy atom. The lowest BCUT2D eigenvalue weighted by Crippen LogP contribution is -1.94. The molecule has 0 aliphatic rings. The van der Waals surface area contributed by atoms with Crippen LogP contribution in [0.25, 0.3) is 6.08 Å². The molecule has 0 atom stereocenters. The summed E-state index contributed by atoms with van der Waals surface area (Å²) >= 11 is 3.49. The van der Waals surface area contributed by atoms with Gasteiger partial charge in [-0.2, -0.15) is 0 Å². The van der Waals surface area contributed by atoms with Crippen molar-refractivity contribution in [1.29, 1.82) is 0 Å². The van der Waals surface area contributed by atoms with Crippen molar-refractivity contribution in [3.05, 3.63) is 59.0 Å². The summed E-state index contributed by atoms with van der Waals surface area (Å²) in [4.78, 5) is 0. The number of allylic oxidation sites excluding steroid dienone is 1. The smallest absolute Gasteiger partial charge is 0.0250 e. The largest absolute Gasteiger partial charge is 0.102 e. The number of benzene rings is 1. The van der Waals surface area contributed by atoms with Gasteiger partial charge in [-0.1, -0.05) is 53.7 Å². The van der Waals surface area contributed by atoms with Crippen LogP contribution in [0.3, 0.4) is 0 Å². The molecule has 1 aromatic carbocycles. The number of rotatable bonds is 3. The summed E-state index contributed by atoms with van der Waals surface area (Å²) in [5.74, 6) is 1.16. The van der Waals surface area contributed by atoms with Gasteiger partial charge in [-0.15, -0.1) is 6.58 Å². The molecular formula is C12H12Br. The Kier molecular flexibility index (Phi) is 3.49. The maximum atomic E-state index is 3.79. The molecule has 1 radical (unpaired) electrons. The second-order valence-corrected chi connectivity index (χ2v) is 3.65. The van der Waals surface area contributed by atoms with Gasteiger partial charge in [-0.05, 0) is 17.2 Å². The normalized spacial score (nSPS) is 10.1. The van der Waals surface area contributed by atoms with E-state index < -0.39 is 0 Å². The van der Waals surface area contributed by atoms with Gasteiger partial charge in [0.1, 0.15) is 0 Å². The lowest BCUT2D eigenvalue weighted by Gasteiger charge is -2.10. The molecule has 0 aliphatic heterocycles. The van der Waals surface area contributed by atoms with E-state index in [4.69, 9.17) is 0 Å². The minimum absolute atomic E-state index is 1.07. The molecule has 0 aliphatic carbocycles. The summed E-state index contributed by atoms with van der Waals surface area (Å²) in [6.45, 7) is 9.59. The lowest BCUT2D eigenvalue weighted by molar-refractivity contribution is 1.24. The molecule has 13 heavy (non-hydrogen) atoms. The van der Waals surface area contributed by atoms with Crippen LogP contribution >= 0.6 is 15.9 Å². The highest BCUT2D eigenvalue weighted by Gasteiger charge is 2.07. The van der Waals surface area contributed by atoms with Gasteiger partial charge >= 0.3 is 0 Å². The van der Waals surface area contributed by atoms with E-state index in [9.17, 15) is 0 Å². The highest BCUT2D eigenvalue weighted by molar-refractivity contribution is 9.10. The van der Waals surface area contributed by atoms with Crippen molar-refractivity contribution in [2.45, 2.75) is 6.92 Å². The molecule has 0 fully saturated rings. The standard InChI is InChI=1S/C12H12Br/c1-4-9(3)11-7-6-8-12(13)10(11)5-2/h4-8H,1-2H2,3H3. The van der Waals surface area contributed by atoms with Crippen molar-refractivity contribution in [3.8, 4) is 0 Å². The first-order chi connectivity index (χ1) is 6.20. The van der Waals surface area contributed by atoms with E-state index in [1.165, 1.54) is 5.56 Å². The Labute approximate surface area is 88.1 Å². The second-order valence-electron chi connectivity index (χ2n) is 2.79. The Hall–Kier alpha value is -0.820. The van der Waals surface area contributed by atoms with Crippen LogP contribution in [0.2, 0.25) is 0 Å². The van der Waals surface area contributed by atoms with Crippen LogP contribution in [-0.4, -0.2) is 0 Å². The molecule has 0 aromatic heterocycles. The predicted octanol–water partition coefficient (Wildman–Crippen LogP) is 4.22. The Balaban J connectivity index is 3.27. The molecular weight excluding hydrogens is 224 g/mol. The molecule has 0 saturated heterocycles. The molecule has 67 valence electrons. The fourth-order valence-electron chi connectivity index (χ4n) is 1.20. The molecule has 1 heteroatoms. The van der Waals surface area contributed by atoms with E-state index in [1.807, 2.05) is 31.2 Å². The van der Waals surface area contributed by atoms with Gasteiger partial charge in [0, 0.05) is 10.4 Å².